The quantitative estimate of drug-likeness (QED) is 0.406. The number of hydrogen-bond acceptors (Lipinski definition) is 4. The molecule has 32 heavy (non-hydrogen) atoms. The van der Waals surface area contributed by atoms with Crippen molar-refractivity contribution in [2.24, 2.45) is 0 Å². The Morgan fingerprint density at radius 2 is 1.75 bits per heavy atom. The van der Waals surface area contributed by atoms with Gasteiger partial charge >= 0.3 is 0 Å². The van der Waals surface area contributed by atoms with E-state index in [9.17, 15) is 0 Å². The van der Waals surface area contributed by atoms with Gasteiger partial charge in [0.25, 0.3) is 0 Å². The minimum Gasteiger partial charge on any atom is -0.365 e. The largest absolute Gasteiger partial charge is 0.365 e. The molecule has 164 valence electrons. The first-order valence-corrected chi connectivity index (χ1v) is 11.5. The van der Waals surface area contributed by atoms with Gasteiger partial charge in [0.2, 0.25) is 0 Å². The molecule has 3 heterocycles. The van der Waals surface area contributed by atoms with Crippen LogP contribution in [0.4, 0.5) is 11.5 Å². The smallest absolute Gasteiger partial charge is 0.165 e. The number of piperazine rings is 1. The molecular weight excluding hydrogens is 418 g/mol. The number of benzene rings is 2. The average Bonchev–Trinajstić information content (AvgIpc) is 3.09. The van der Waals surface area contributed by atoms with E-state index in [1.165, 1.54) is 11.3 Å². The molecule has 1 fully saturated rings. The second kappa shape index (κ2) is 8.14. The summed E-state index contributed by atoms with van der Waals surface area (Å²) in [6.07, 6.45) is 0. The third kappa shape index (κ3) is 3.71. The van der Waals surface area contributed by atoms with Crippen LogP contribution in [-0.4, -0.2) is 40.3 Å². The summed E-state index contributed by atoms with van der Waals surface area (Å²) in [5, 5.41) is 5.64. The SMILES string of the molecule is Cc1cccc(N2CCN(c3cc(C)nc4c(-c5ccc(Cl)cc5)c(C)nn34)C[C@H]2C)c1. The molecule has 0 aliphatic carbocycles. The first-order valence-electron chi connectivity index (χ1n) is 11.1. The molecule has 0 bridgehead atoms. The maximum absolute atomic E-state index is 6.11. The highest BCUT2D eigenvalue weighted by Gasteiger charge is 2.27. The molecule has 4 aromatic rings. The highest BCUT2D eigenvalue weighted by atomic mass is 35.5. The topological polar surface area (TPSA) is 36.7 Å². The summed E-state index contributed by atoms with van der Waals surface area (Å²) in [5.74, 6) is 1.10. The zero-order chi connectivity index (χ0) is 22.4. The lowest BCUT2D eigenvalue weighted by atomic mass is 10.1. The molecule has 0 N–H and O–H groups in total. The van der Waals surface area contributed by atoms with Crippen molar-refractivity contribution in [1.29, 1.82) is 0 Å². The molecule has 0 spiro atoms. The third-order valence-corrected chi connectivity index (χ3v) is 6.54. The van der Waals surface area contributed by atoms with Crippen molar-refractivity contribution in [2.75, 3.05) is 29.4 Å². The van der Waals surface area contributed by atoms with Gasteiger partial charge in [-0.15, -0.1) is 0 Å². The molecule has 0 saturated carbocycles. The highest BCUT2D eigenvalue weighted by Crippen LogP contribution is 2.32. The summed E-state index contributed by atoms with van der Waals surface area (Å²) in [6, 6.07) is 19.2. The van der Waals surface area contributed by atoms with E-state index in [1.54, 1.807) is 0 Å². The van der Waals surface area contributed by atoms with E-state index in [0.717, 1.165) is 58.6 Å². The summed E-state index contributed by atoms with van der Waals surface area (Å²) >= 11 is 6.11. The predicted molar refractivity (Wildman–Crippen MR) is 133 cm³/mol. The van der Waals surface area contributed by atoms with Crippen molar-refractivity contribution in [1.82, 2.24) is 14.6 Å². The van der Waals surface area contributed by atoms with Crippen molar-refractivity contribution in [2.45, 2.75) is 33.7 Å². The minimum absolute atomic E-state index is 0.390. The molecule has 6 heteroatoms. The van der Waals surface area contributed by atoms with Crippen LogP contribution in [0.1, 0.15) is 23.9 Å². The molecule has 1 atom stereocenters. The zero-order valence-electron chi connectivity index (χ0n) is 19.0. The third-order valence-electron chi connectivity index (χ3n) is 6.29. The Labute approximate surface area is 194 Å². The number of anilines is 2. The summed E-state index contributed by atoms with van der Waals surface area (Å²) < 4.78 is 2.02. The molecule has 2 aromatic carbocycles. The summed E-state index contributed by atoms with van der Waals surface area (Å²) in [4.78, 5) is 9.82. The fourth-order valence-electron chi connectivity index (χ4n) is 4.76. The fourth-order valence-corrected chi connectivity index (χ4v) is 4.89. The molecule has 0 unspecified atom stereocenters. The number of rotatable bonds is 3. The minimum atomic E-state index is 0.390. The number of hydrogen-bond donors (Lipinski definition) is 0. The molecule has 1 aliphatic heterocycles. The Kier molecular flexibility index (Phi) is 5.30. The monoisotopic (exact) mass is 445 g/mol. The number of aryl methyl sites for hydroxylation is 3. The number of nitrogens with zero attached hydrogens (tertiary/aromatic N) is 5. The Bertz CT molecular complexity index is 1280. The van der Waals surface area contributed by atoms with E-state index in [4.69, 9.17) is 21.7 Å². The van der Waals surface area contributed by atoms with Gasteiger partial charge in [-0.05, 0) is 63.1 Å². The van der Waals surface area contributed by atoms with Crippen LogP contribution in [0, 0.1) is 20.8 Å². The first kappa shape index (κ1) is 20.8. The molecule has 0 radical (unpaired) electrons. The number of halogens is 1. The Hall–Kier alpha value is -3.05. The molecule has 0 amide bonds. The van der Waals surface area contributed by atoms with Crippen LogP contribution in [0.5, 0.6) is 0 Å². The second-order valence-electron chi connectivity index (χ2n) is 8.79. The molecule has 1 saturated heterocycles. The van der Waals surface area contributed by atoms with Crippen molar-refractivity contribution in [3.8, 4) is 11.1 Å². The van der Waals surface area contributed by atoms with Gasteiger partial charge in [-0.3, -0.25) is 0 Å². The second-order valence-corrected chi connectivity index (χ2v) is 9.22. The van der Waals surface area contributed by atoms with Crippen LogP contribution in [0.15, 0.2) is 54.6 Å². The number of aromatic nitrogens is 3. The maximum Gasteiger partial charge on any atom is 0.165 e. The predicted octanol–water partition coefficient (Wildman–Crippen LogP) is 5.69. The summed E-state index contributed by atoms with van der Waals surface area (Å²) in [5.41, 5.74) is 7.61. The van der Waals surface area contributed by atoms with Gasteiger partial charge in [0.1, 0.15) is 5.82 Å². The zero-order valence-corrected chi connectivity index (χ0v) is 19.8. The molecule has 2 aromatic heterocycles. The van der Waals surface area contributed by atoms with Gasteiger partial charge in [0.15, 0.2) is 5.65 Å². The van der Waals surface area contributed by atoms with Gasteiger partial charge in [-0.1, -0.05) is 35.9 Å². The van der Waals surface area contributed by atoms with Crippen LogP contribution in [0.25, 0.3) is 16.8 Å². The number of fused-ring (bicyclic) bond motifs is 1. The van der Waals surface area contributed by atoms with E-state index in [2.05, 4.69) is 67.8 Å². The summed E-state index contributed by atoms with van der Waals surface area (Å²) in [6.45, 7) is 11.4. The molecule has 5 nitrogen and oxygen atoms in total. The summed E-state index contributed by atoms with van der Waals surface area (Å²) in [7, 11) is 0. The molecule has 5 rings (SSSR count). The normalized spacial score (nSPS) is 16.7. The lowest BCUT2D eigenvalue weighted by Gasteiger charge is -2.42. The van der Waals surface area contributed by atoms with E-state index < -0.39 is 0 Å². The fraction of sp³-hybridized carbons (Fsp3) is 0.308. The van der Waals surface area contributed by atoms with Crippen molar-refractivity contribution in [3.63, 3.8) is 0 Å². The van der Waals surface area contributed by atoms with Gasteiger partial charge in [-0.25, -0.2) is 4.98 Å². The van der Waals surface area contributed by atoms with Gasteiger partial charge in [0, 0.05) is 53.7 Å². The first-order chi connectivity index (χ1) is 15.4. The molecular formula is C26H28ClN5. The van der Waals surface area contributed by atoms with Crippen molar-refractivity contribution in [3.05, 3.63) is 76.6 Å². The standard InChI is InChI=1S/C26H28ClN5/c1-17-6-5-7-23(14-17)31-13-12-30(16-19(31)3)24-15-18(2)28-26-25(20(4)29-32(24)26)21-8-10-22(27)11-9-21/h5-11,14-15,19H,12-13,16H2,1-4H3/t19-/m1/s1. The molecule has 1 aliphatic rings. The Balaban J connectivity index is 1.51. The maximum atomic E-state index is 6.11. The van der Waals surface area contributed by atoms with E-state index in [0.29, 0.717) is 6.04 Å². The van der Waals surface area contributed by atoms with Gasteiger partial charge in [-0.2, -0.15) is 9.61 Å². The van der Waals surface area contributed by atoms with Crippen LogP contribution in [0.2, 0.25) is 5.02 Å². The Morgan fingerprint density at radius 1 is 0.969 bits per heavy atom. The van der Waals surface area contributed by atoms with Crippen LogP contribution in [0.3, 0.4) is 0 Å². The van der Waals surface area contributed by atoms with Gasteiger partial charge < -0.3 is 9.80 Å². The Morgan fingerprint density at radius 3 is 2.47 bits per heavy atom. The average molecular weight is 446 g/mol. The van der Waals surface area contributed by atoms with Crippen molar-refractivity contribution >= 4 is 28.8 Å². The highest BCUT2D eigenvalue weighted by molar-refractivity contribution is 6.30. The van der Waals surface area contributed by atoms with E-state index in [-0.39, 0.29) is 0 Å². The lowest BCUT2D eigenvalue weighted by molar-refractivity contribution is 0.543. The van der Waals surface area contributed by atoms with E-state index >= 15 is 0 Å². The lowest BCUT2D eigenvalue weighted by Crippen LogP contribution is -2.52. The van der Waals surface area contributed by atoms with Gasteiger partial charge in [0.05, 0.1) is 5.69 Å². The van der Waals surface area contributed by atoms with Crippen molar-refractivity contribution < 1.29 is 0 Å². The van der Waals surface area contributed by atoms with Crippen LogP contribution >= 0.6 is 11.6 Å². The van der Waals surface area contributed by atoms with Crippen LogP contribution < -0.4 is 9.80 Å². The van der Waals surface area contributed by atoms with E-state index in [1.807, 2.05) is 28.8 Å². The van der Waals surface area contributed by atoms with Crippen LogP contribution in [-0.2, 0) is 0 Å².